The first-order valence-electron chi connectivity index (χ1n) is 11.4. The molecule has 0 saturated carbocycles. The molecule has 2 nitrogen and oxygen atoms in total. The van der Waals surface area contributed by atoms with E-state index in [1.54, 1.807) is 17.4 Å². The summed E-state index contributed by atoms with van der Waals surface area (Å²) in [6.45, 7) is 21.3. The first-order valence-corrected chi connectivity index (χ1v) is 12.3. The van der Waals surface area contributed by atoms with E-state index >= 15 is 0 Å². The topological polar surface area (TPSA) is 20.3 Å². The summed E-state index contributed by atoms with van der Waals surface area (Å²) in [5.74, 6) is 0.696. The monoisotopic (exact) mass is 425 g/mol. The first kappa shape index (κ1) is 23.1. The van der Waals surface area contributed by atoms with Gasteiger partial charge in [-0.25, -0.2) is 0 Å². The number of thiophene rings is 1. The van der Waals surface area contributed by atoms with E-state index in [2.05, 4.69) is 72.4 Å². The van der Waals surface area contributed by atoms with Crippen LogP contribution < -0.4 is 4.90 Å². The van der Waals surface area contributed by atoms with Gasteiger partial charge in [-0.2, -0.15) is 0 Å². The third kappa shape index (κ3) is 4.10. The van der Waals surface area contributed by atoms with Gasteiger partial charge in [-0.15, -0.1) is 11.3 Å². The Bertz CT molecular complexity index is 948. The van der Waals surface area contributed by atoms with E-state index in [1.807, 2.05) is 17.4 Å². The molecule has 0 aliphatic heterocycles. The lowest BCUT2D eigenvalue weighted by Gasteiger charge is -2.39. The average Bonchev–Trinajstić information content (AvgIpc) is 3.02. The van der Waals surface area contributed by atoms with Crippen molar-refractivity contribution in [2.24, 2.45) is 5.92 Å². The van der Waals surface area contributed by atoms with Gasteiger partial charge in [0.05, 0.1) is 5.00 Å². The minimum Gasteiger partial charge on any atom is -0.333 e. The molecule has 3 heteroatoms. The van der Waals surface area contributed by atoms with Crippen molar-refractivity contribution in [3.05, 3.63) is 45.3 Å². The molecular formula is C27H39NOS. The molecule has 1 aromatic carbocycles. The smallest absolute Gasteiger partial charge is 0.160 e. The van der Waals surface area contributed by atoms with E-state index in [0.29, 0.717) is 5.92 Å². The quantitative estimate of drug-likeness (QED) is 0.437. The van der Waals surface area contributed by atoms with Gasteiger partial charge in [0.25, 0.3) is 0 Å². The number of rotatable bonds is 6. The highest BCUT2D eigenvalue weighted by atomic mass is 32.1. The maximum atomic E-state index is 12.1. The number of hydrogen-bond donors (Lipinski definition) is 0. The summed E-state index contributed by atoms with van der Waals surface area (Å²) in [6.07, 6.45) is 3.35. The van der Waals surface area contributed by atoms with Gasteiger partial charge >= 0.3 is 0 Å². The zero-order chi connectivity index (χ0) is 22.4. The molecule has 0 spiro atoms. The van der Waals surface area contributed by atoms with E-state index in [4.69, 9.17) is 0 Å². The second-order valence-corrected chi connectivity index (χ2v) is 11.8. The molecule has 164 valence electrons. The molecule has 0 atom stereocenters. The molecule has 1 aromatic heterocycles. The average molecular weight is 426 g/mol. The summed E-state index contributed by atoms with van der Waals surface area (Å²) in [7, 11) is 0. The van der Waals surface area contributed by atoms with Crippen LogP contribution in [-0.2, 0) is 17.3 Å². The van der Waals surface area contributed by atoms with Gasteiger partial charge in [0.15, 0.2) is 5.78 Å². The van der Waals surface area contributed by atoms with Gasteiger partial charge in [0.1, 0.15) is 0 Å². The summed E-state index contributed by atoms with van der Waals surface area (Å²) in [6, 6.07) is 6.42. The van der Waals surface area contributed by atoms with Crippen LogP contribution in [0.3, 0.4) is 0 Å². The van der Waals surface area contributed by atoms with Gasteiger partial charge in [-0.3, -0.25) is 4.79 Å². The second kappa shape index (κ2) is 8.15. The summed E-state index contributed by atoms with van der Waals surface area (Å²) < 4.78 is 0. The largest absolute Gasteiger partial charge is 0.333 e. The maximum Gasteiger partial charge on any atom is 0.160 e. The molecule has 0 N–H and O–H groups in total. The minimum atomic E-state index is 0.153. The number of hydrogen-bond acceptors (Lipinski definition) is 3. The molecular weight excluding hydrogens is 386 g/mol. The minimum absolute atomic E-state index is 0.153. The fraction of sp³-hybridized carbons (Fsp3) is 0.593. The molecule has 0 amide bonds. The van der Waals surface area contributed by atoms with Gasteiger partial charge < -0.3 is 4.90 Å². The van der Waals surface area contributed by atoms with Gasteiger partial charge in [0, 0.05) is 22.7 Å². The summed E-state index contributed by atoms with van der Waals surface area (Å²) in [5.41, 5.74) is 6.69. The van der Waals surface area contributed by atoms with Crippen LogP contribution in [-0.4, -0.2) is 12.3 Å². The summed E-state index contributed by atoms with van der Waals surface area (Å²) >= 11 is 2.00. The van der Waals surface area contributed by atoms with Crippen LogP contribution in [0.4, 0.5) is 10.7 Å². The zero-order valence-electron chi connectivity index (χ0n) is 20.4. The van der Waals surface area contributed by atoms with Crippen LogP contribution in [0.15, 0.2) is 18.2 Å². The number of Topliss-reactive ketones (excluding diaryl/α,β-unsaturated/α-hetero) is 1. The molecule has 3 rings (SSSR count). The van der Waals surface area contributed by atoms with Crippen LogP contribution in [0.1, 0.15) is 100 Å². The number of fused-ring (bicyclic) bond motifs is 1. The third-order valence-electron chi connectivity index (χ3n) is 6.74. The van der Waals surface area contributed by atoms with Crippen molar-refractivity contribution in [2.45, 2.75) is 92.4 Å². The Balaban J connectivity index is 2.20. The predicted molar refractivity (Wildman–Crippen MR) is 132 cm³/mol. The molecule has 0 fully saturated rings. The summed E-state index contributed by atoms with van der Waals surface area (Å²) in [4.78, 5) is 16.2. The van der Waals surface area contributed by atoms with E-state index in [1.165, 1.54) is 29.1 Å². The molecule has 30 heavy (non-hydrogen) atoms. The van der Waals surface area contributed by atoms with Gasteiger partial charge in [0.2, 0.25) is 0 Å². The van der Waals surface area contributed by atoms with Crippen molar-refractivity contribution in [1.29, 1.82) is 0 Å². The van der Waals surface area contributed by atoms with Crippen LogP contribution in [0, 0.1) is 12.8 Å². The van der Waals surface area contributed by atoms with E-state index in [-0.39, 0.29) is 16.6 Å². The molecule has 2 aromatic rings. The number of carbonyl (C=O) groups excluding carboxylic acids is 1. The fourth-order valence-corrected chi connectivity index (χ4v) is 6.62. The molecule has 0 unspecified atom stereocenters. The highest BCUT2D eigenvalue weighted by Crippen LogP contribution is 2.54. The Morgan fingerprint density at radius 1 is 1.13 bits per heavy atom. The number of benzene rings is 1. The molecule has 0 bridgehead atoms. The Morgan fingerprint density at radius 2 is 1.77 bits per heavy atom. The van der Waals surface area contributed by atoms with Crippen molar-refractivity contribution in [3.8, 4) is 0 Å². The van der Waals surface area contributed by atoms with Crippen molar-refractivity contribution in [1.82, 2.24) is 0 Å². The second-order valence-electron chi connectivity index (χ2n) is 10.8. The van der Waals surface area contributed by atoms with E-state index in [0.717, 1.165) is 24.1 Å². The normalized spacial score (nSPS) is 17.1. The first-order chi connectivity index (χ1) is 13.9. The maximum absolute atomic E-state index is 12.1. The standard InChI is InChI=1S/C27H39NOS/c1-10-20-15-21(11-12-22(20)19(5)29)28(16-17(2)3)25-18(4)23-24(30-25)27(8,9)14-13-26(23,6)7/h11-12,15,17H,10,13-14,16H2,1-9H3. The Labute approximate surface area is 187 Å². The Morgan fingerprint density at radius 3 is 2.30 bits per heavy atom. The number of anilines is 2. The number of ketones is 1. The molecule has 1 heterocycles. The highest BCUT2D eigenvalue weighted by Gasteiger charge is 2.41. The lowest BCUT2D eigenvalue weighted by atomic mass is 9.66. The SMILES string of the molecule is CCc1cc(N(CC(C)C)c2sc3c(c2C)C(C)(C)CCC3(C)C)ccc1C(C)=O. The molecule has 0 radical (unpaired) electrons. The highest BCUT2D eigenvalue weighted by molar-refractivity contribution is 7.16. The van der Waals surface area contributed by atoms with Crippen LogP contribution in [0.2, 0.25) is 0 Å². The van der Waals surface area contributed by atoms with Crippen LogP contribution in [0.5, 0.6) is 0 Å². The van der Waals surface area contributed by atoms with E-state index in [9.17, 15) is 4.79 Å². The molecule has 1 aliphatic carbocycles. The van der Waals surface area contributed by atoms with Crippen molar-refractivity contribution in [2.75, 3.05) is 11.4 Å². The van der Waals surface area contributed by atoms with Gasteiger partial charge in [-0.1, -0.05) is 48.5 Å². The fourth-order valence-electron chi connectivity index (χ4n) is 4.97. The van der Waals surface area contributed by atoms with Crippen molar-refractivity contribution < 1.29 is 4.79 Å². The zero-order valence-corrected chi connectivity index (χ0v) is 21.2. The lowest BCUT2D eigenvalue weighted by Crippen LogP contribution is -2.32. The predicted octanol–water partition coefficient (Wildman–Crippen LogP) is 7.96. The Hall–Kier alpha value is -1.61. The number of carbonyl (C=O) groups is 1. The van der Waals surface area contributed by atoms with Crippen molar-refractivity contribution in [3.63, 3.8) is 0 Å². The lowest BCUT2D eigenvalue weighted by molar-refractivity contribution is 0.101. The van der Waals surface area contributed by atoms with Crippen molar-refractivity contribution >= 4 is 27.8 Å². The number of nitrogens with zero attached hydrogens (tertiary/aromatic N) is 1. The van der Waals surface area contributed by atoms with Gasteiger partial charge in [-0.05, 0) is 84.7 Å². The molecule has 0 saturated heterocycles. The summed E-state index contributed by atoms with van der Waals surface area (Å²) in [5, 5.41) is 1.38. The van der Waals surface area contributed by atoms with Crippen LogP contribution >= 0.6 is 11.3 Å². The Kier molecular flexibility index (Phi) is 6.26. The third-order valence-corrected chi connectivity index (χ3v) is 8.42. The molecule has 1 aliphatic rings. The van der Waals surface area contributed by atoms with Crippen LogP contribution in [0.25, 0.3) is 0 Å². The number of aryl methyl sites for hydroxylation is 1. The van der Waals surface area contributed by atoms with E-state index < -0.39 is 0 Å².